The van der Waals surface area contributed by atoms with Crippen LogP contribution in [0.15, 0.2) is 0 Å². The zero-order valence-electron chi connectivity index (χ0n) is 14.3. The van der Waals surface area contributed by atoms with Gasteiger partial charge in [-0.2, -0.15) is 5.10 Å². The first kappa shape index (κ1) is 18.1. The smallest absolute Gasteiger partial charge is 0.240 e. The van der Waals surface area contributed by atoms with E-state index < -0.39 is 0 Å². The van der Waals surface area contributed by atoms with Crippen LogP contribution in [0.5, 0.6) is 0 Å². The molecule has 1 aliphatic heterocycles. The number of amides is 1. The Labute approximate surface area is 143 Å². The number of piperidine rings is 1. The first-order valence-corrected chi connectivity index (χ1v) is 9.17. The number of hydrogen-bond donors (Lipinski definition) is 2. The minimum atomic E-state index is 0.00606. The molecule has 7 heteroatoms. The number of likely N-dealkylation sites (tertiary alicyclic amines) is 1. The Balaban J connectivity index is 1.71. The highest BCUT2D eigenvalue weighted by Gasteiger charge is 2.17. The largest absolute Gasteiger partial charge is 0.355 e. The molecule has 2 rings (SSSR count). The molecule has 6 nitrogen and oxygen atoms in total. The van der Waals surface area contributed by atoms with E-state index in [4.69, 9.17) is 12.2 Å². The summed E-state index contributed by atoms with van der Waals surface area (Å²) in [6, 6.07) is 0.681. The predicted molar refractivity (Wildman–Crippen MR) is 93.9 cm³/mol. The van der Waals surface area contributed by atoms with Crippen molar-refractivity contribution in [2.24, 2.45) is 0 Å². The Morgan fingerprint density at radius 3 is 3.04 bits per heavy atom. The lowest BCUT2D eigenvalue weighted by Gasteiger charge is -2.33. The first-order valence-electron chi connectivity index (χ1n) is 8.76. The summed E-state index contributed by atoms with van der Waals surface area (Å²) in [7, 11) is 0. The van der Waals surface area contributed by atoms with Crippen molar-refractivity contribution in [3.05, 3.63) is 10.6 Å². The van der Waals surface area contributed by atoms with E-state index in [0.717, 1.165) is 38.2 Å². The fraction of sp³-hybridized carbons (Fsp3) is 0.812. The number of aryl methyl sites for hydroxylation is 1. The summed E-state index contributed by atoms with van der Waals surface area (Å²) < 4.78 is 2.31. The Kier molecular flexibility index (Phi) is 7.23. The Morgan fingerprint density at radius 1 is 1.48 bits per heavy atom. The summed E-state index contributed by atoms with van der Waals surface area (Å²) in [5, 5.41) is 9.95. The third kappa shape index (κ3) is 5.42. The van der Waals surface area contributed by atoms with E-state index in [9.17, 15) is 4.79 Å². The van der Waals surface area contributed by atoms with Crippen LogP contribution in [-0.2, 0) is 17.8 Å². The highest BCUT2D eigenvalue weighted by molar-refractivity contribution is 7.71. The van der Waals surface area contributed by atoms with E-state index in [1.165, 1.54) is 25.8 Å². The monoisotopic (exact) mass is 339 g/mol. The van der Waals surface area contributed by atoms with Gasteiger partial charge in [0.2, 0.25) is 5.91 Å². The standard InChI is InChI=1S/C16H29N5OS/c1-3-7-14-18-19-16(23)21(14)12-15(22)17-9-6-11-20-10-5-4-8-13(20)2/h13H,3-12H2,1-2H3,(H,17,22)(H,19,23). The van der Waals surface area contributed by atoms with Gasteiger partial charge in [-0.25, -0.2) is 0 Å². The lowest BCUT2D eigenvalue weighted by molar-refractivity contribution is -0.121. The maximum atomic E-state index is 12.1. The van der Waals surface area contributed by atoms with Gasteiger partial charge in [0.05, 0.1) is 0 Å². The van der Waals surface area contributed by atoms with Gasteiger partial charge in [0, 0.05) is 25.6 Å². The summed E-state index contributed by atoms with van der Waals surface area (Å²) in [5.74, 6) is 0.862. The summed E-state index contributed by atoms with van der Waals surface area (Å²) >= 11 is 5.20. The fourth-order valence-electron chi connectivity index (χ4n) is 3.13. The molecule has 130 valence electrons. The molecule has 1 amide bonds. The molecule has 0 aliphatic carbocycles. The molecular formula is C16H29N5OS. The Morgan fingerprint density at radius 2 is 2.30 bits per heavy atom. The Hall–Kier alpha value is -1.21. The maximum Gasteiger partial charge on any atom is 0.240 e. The van der Waals surface area contributed by atoms with E-state index in [1.54, 1.807) is 4.57 Å². The molecule has 0 aromatic carbocycles. The van der Waals surface area contributed by atoms with Crippen molar-refractivity contribution in [1.29, 1.82) is 0 Å². The van der Waals surface area contributed by atoms with Crippen LogP contribution >= 0.6 is 12.2 Å². The molecule has 2 heterocycles. The maximum absolute atomic E-state index is 12.1. The van der Waals surface area contributed by atoms with Crippen molar-refractivity contribution in [1.82, 2.24) is 25.0 Å². The van der Waals surface area contributed by atoms with Gasteiger partial charge in [0.15, 0.2) is 4.77 Å². The number of nitrogens with one attached hydrogen (secondary N) is 2. The second kappa shape index (κ2) is 9.17. The first-order chi connectivity index (χ1) is 11.1. The van der Waals surface area contributed by atoms with Crippen LogP contribution < -0.4 is 5.32 Å². The molecule has 1 saturated heterocycles. The van der Waals surface area contributed by atoms with Gasteiger partial charge in [-0.1, -0.05) is 13.3 Å². The molecular weight excluding hydrogens is 310 g/mol. The number of hydrogen-bond acceptors (Lipinski definition) is 4. The van der Waals surface area contributed by atoms with Crippen LogP contribution in [0, 0.1) is 4.77 Å². The number of rotatable bonds is 8. The number of aromatic nitrogens is 3. The quantitative estimate of drug-likeness (QED) is 0.563. The van der Waals surface area contributed by atoms with Crippen molar-refractivity contribution in [2.45, 2.75) is 65.0 Å². The molecule has 0 spiro atoms. The normalized spacial score (nSPS) is 19.0. The van der Waals surface area contributed by atoms with Crippen molar-refractivity contribution in [3.63, 3.8) is 0 Å². The van der Waals surface area contributed by atoms with Crippen LogP contribution in [0.2, 0.25) is 0 Å². The number of aromatic amines is 1. The number of H-pyrrole nitrogens is 1. The van der Waals surface area contributed by atoms with Crippen LogP contribution in [0.25, 0.3) is 0 Å². The molecule has 1 aliphatic rings. The van der Waals surface area contributed by atoms with Crippen molar-refractivity contribution >= 4 is 18.1 Å². The molecule has 1 unspecified atom stereocenters. The second-order valence-electron chi connectivity index (χ2n) is 6.37. The highest BCUT2D eigenvalue weighted by Crippen LogP contribution is 2.16. The average Bonchev–Trinajstić information content (AvgIpc) is 2.87. The van der Waals surface area contributed by atoms with E-state index in [1.807, 2.05) is 0 Å². The van der Waals surface area contributed by atoms with E-state index in [-0.39, 0.29) is 12.5 Å². The minimum Gasteiger partial charge on any atom is -0.355 e. The SMILES string of the molecule is CCCc1n[nH]c(=S)n1CC(=O)NCCCN1CCCCC1C. The third-order valence-electron chi connectivity index (χ3n) is 4.50. The number of carbonyl (C=O) groups excluding carboxylic acids is 1. The molecule has 1 atom stereocenters. The zero-order chi connectivity index (χ0) is 16.7. The van der Waals surface area contributed by atoms with Gasteiger partial charge < -0.3 is 10.2 Å². The highest BCUT2D eigenvalue weighted by atomic mass is 32.1. The van der Waals surface area contributed by atoms with Crippen LogP contribution in [-0.4, -0.2) is 51.2 Å². The van der Waals surface area contributed by atoms with Crippen LogP contribution in [0.3, 0.4) is 0 Å². The molecule has 0 radical (unpaired) electrons. The predicted octanol–water partition coefficient (Wildman–Crippen LogP) is 2.27. The summed E-state index contributed by atoms with van der Waals surface area (Å²) in [6.07, 6.45) is 6.75. The molecule has 1 aromatic rings. The van der Waals surface area contributed by atoms with E-state index >= 15 is 0 Å². The third-order valence-corrected chi connectivity index (χ3v) is 4.81. The average molecular weight is 340 g/mol. The van der Waals surface area contributed by atoms with Gasteiger partial charge in [-0.05, 0) is 51.4 Å². The molecule has 23 heavy (non-hydrogen) atoms. The molecule has 2 N–H and O–H groups in total. The lowest BCUT2D eigenvalue weighted by atomic mass is 10.0. The minimum absolute atomic E-state index is 0.00606. The summed E-state index contributed by atoms with van der Waals surface area (Å²) in [6.45, 7) is 7.62. The van der Waals surface area contributed by atoms with Crippen molar-refractivity contribution in [2.75, 3.05) is 19.6 Å². The number of nitrogens with zero attached hydrogens (tertiary/aromatic N) is 3. The lowest BCUT2D eigenvalue weighted by Crippen LogP contribution is -2.39. The van der Waals surface area contributed by atoms with Gasteiger partial charge >= 0.3 is 0 Å². The van der Waals surface area contributed by atoms with E-state index in [0.29, 0.717) is 10.8 Å². The van der Waals surface area contributed by atoms with Crippen molar-refractivity contribution in [3.8, 4) is 0 Å². The van der Waals surface area contributed by atoms with E-state index in [2.05, 4.69) is 34.3 Å². The fourth-order valence-corrected chi connectivity index (χ4v) is 3.34. The topological polar surface area (TPSA) is 66.0 Å². The van der Waals surface area contributed by atoms with Gasteiger partial charge in [-0.3, -0.25) is 14.5 Å². The van der Waals surface area contributed by atoms with Crippen LogP contribution in [0.4, 0.5) is 0 Å². The van der Waals surface area contributed by atoms with Gasteiger partial charge in [0.25, 0.3) is 0 Å². The molecule has 1 fully saturated rings. The van der Waals surface area contributed by atoms with Crippen molar-refractivity contribution < 1.29 is 4.79 Å². The van der Waals surface area contributed by atoms with Gasteiger partial charge in [-0.15, -0.1) is 0 Å². The summed E-state index contributed by atoms with van der Waals surface area (Å²) in [5.41, 5.74) is 0. The van der Waals surface area contributed by atoms with Gasteiger partial charge in [0.1, 0.15) is 12.4 Å². The zero-order valence-corrected chi connectivity index (χ0v) is 15.1. The number of carbonyl (C=O) groups is 1. The second-order valence-corrected chi connectivity index (χ2v) is 6.75. The Bertz CT molecular complexity index is 553. The van der Waals surface area contributed by atoms with Crippen LogP contribution in [0.1, 0.15) is 51.8 Å². The molecule has 0 saturated carbocycles. The summed E-state index contributed by atoms with van der Waals surface area (Å²) in [4.78, 5) is 14.6. The molecule has 1 aromatic heterocycles. The molecule has 0 bridgehead atoms.